The van der Waals surface area contributed by atoms with Crippen molar-refractivity contribution in [3.8, 4) is 0 Å². The van der Waals surface area contributed by atoms with Gasteiger partial charge < -0.3 is 10.1 Å². The number of carbonyl (C=O) groups is 2. The molecule has 7 heteroatoms. The molecular formula is C18H23F2NO3S. The highest BCUT2D eigenvalue weighted by Gasteiger charge is 2.23. The standard InChI is InChI=1S/C18H23F2NO3S/c1-12-4-2-3-5-16(12)21-17(22)11-24-18(23)8-9-25-13-6-7-14(19)15(20)10-13/h6-7,10,12,16H,2-5,8-9,11H2,1H3,(H,21,22)/t12-,16+/m0/s1. The molecule has 0 heterocycles. The van der Waals surface area contributed by atoms with E-state index in [0.717, 1.165) is 31.4 Å². The van der Waals surface area contributed by atoms with E-state index in [1.54, 1.807) is 0 Å². The van der Waals surface area contributed by atoms with Crippen molar-refractivity contribution in [1.82, 2.24) is 5.32 Å². The van der Waals surface area contributed by atoms with Gasteiger partial charge in [-0.25, -0.2) is 8.78 Å². The first kappa shape index (κ1) is 19.7. The lowest BCUT2D eigenvalue weighted by molar-refractivity contribution is -0.148. The number of thioether (sulfide) groups is 1. The average molecular weight is 371 g/mol. The van der Waals surface area contributed by atoms with E-state index in [1.807, 2.05) is 0 Å². The molecule has 0 aromatic heterocycles. The van der Waals surface area contributed by atoms with Crippen molar-refractivity contribution in [1.29, 1.82) is 0 Å². The SMILES string of the molecule is C[C@H]1CCCC[C@H]1NC(=O)COC(=O)CCSc1ccc(F)c(F)c1. The summed E-state index contributed by atoms with van der Waals surface area (Å²) in [4.78, 5) is 24.1. The van der Waals surface area contributed by atoms with Crippen molar-refractivity contribution in [3.63, 3.8) is 0 Å². The van der Waals surface area contributed by atoms with E-state index >= 15 is 0 Å². The molecule has 1 saturated carbocycles. The van der Waals surface area contributed by atoms with Crippen LogP contribution in [0.25, 0.3) is 0 Å². The molecule has 1 aromatic carbocycles. The molecule has 1 aromatic rings. The summed E-state index contributed by atoms with van der Waals surface area (Å²) in [7, 11) is 0. The van der Waals surface area contributed by atoms with Crippen molar-refractivity contribution in [3.05, 3.63) is 29.8 Å². The van der Waals surface area contributed by atoms with Crippen LogP contribution in [0.4, 0.5) is 8.78 Å². The highest BCUT2D eigenvalue weighted by molar-refractivity contribution is 7.99. The van der Waals surface area contributed by atoms with Gasteiger partial charge in [0.1, 0.15) is 0 Å². The molecule has 0 radical (unpaired) electrons. The zero-order valence-corrected chi connectivity index (χ0v) is 15.0. The van der Waals surface area contributed by atoms with E-state index in [0.29, 0.717) is 16.6 Å². The molecule has 1 aliphatic carbocycles. The van der Waals surface area contributed by atoms with Gasteiger partial charge in [-0.1, -0.05) is 19.8 Å². The third-order valence-electron chi connectivity index (χ3n) is 4.29. The van der Waals surface area contributed by atoms with E-state index in [1.165, 1.54) is 24.2 Å². The molecule has 0 aliphatic heterocycles. The molecule has 2 atom stereocenters. The summed E-state index contributed by atoms with van der Waals surface area (Å²) in [6, 6.07) is 3.74. The van der Waals surface area contributed by atoms with Gasteiger partial charge in [0.05, 0.1) is 6.42 Å². The number of amides is 1. The van der Waals surface area contributed by atoms with Crippen molar-refractivity contribution in [2.75, 3.05) is 12.4 Å². The molecule has 1 aliphatic rings. The largest absolute Gasteiger partial charge is 0.456 e. The van der Waals surface area contributed by atoms with Gasteiger partial charge in [0.25, 0.3) is 5.91 Å². The number of esters is 1. The predicted molar refractivity (Wildman–Crippen MR) is 92.2 cm³/mol. The minimum Gasteiger partial charge on any atom is -0.456 e. The van der Waals surface area contributed by atoms with Crippen LogP contribution in [-0.2, 0) is 14.3 Å². The average Bonchev–Trinajstić information content (AvgIpc) is 2.58. The Morgan fingerprint density at radius 3 is 2.72 bits per heavy atom. The Labute approximate surface area is 150 Å². The van der Waals surface area contributed by atoms with E-state index in [4.69, 9.17) is 4.74 Å². The summed E-state index contributed by atoms with van der Waals surface area (Å²) >= 11 is 1.23. The van der Waals surface area contributed by atoms with Gasteiger partial charge in [-0.2, -0.15) is 0 Å². The number of benzene rings is 1. The fourth-order valence-corrected chi connectivity index (χ4v) is 3.67. The number of halogens is 2. The second-order valence-electron chi connectivity index (χ2n) is 6.27. The molecule has 1 N–H and O–H groups in total. The molecular weight excluding hydrogens is 348 g/mol. The maximum atomic E-state index is 13.1. The van der Waals surface area contributed by atoms with Crippen molar-refractivity contribution in [2.45, 2.75) is 50.0 Å². The maximum absolute atomic E-state index is 13.1. The Balaban J connectivity index is 1.63. The molecule has 4 nitrogen and oxygen atoms in total. The molecule has 0 spiro atoms. The number of rotatable bonds is 7. The Kier molecular flexibility index (Phi) is 7.68. The maximum Gasteiger partial charge on any atom is 0.307 e. The van der Waals surface area contributed by atoms with Crippen LogP contribution in [0.3, 0.4) is 0 Å². The summed E-state index contributed by atoms with van der Waals surface area (Å²) in [6.07, 6.45) is 4.46. The second-order valence-corrected chi connectivity index (χ2v) is 7.44. The first-order valence-corrected chi connectivity index (χ1v) is 9.47. The predicted octanol–water partition coefficient (Wildman–Crippen LogP) is 3.69. The van der Waals surface area contributed by atoms with E-state index < -0.39 is 17.6 Å². The highest BCUT2D eigenvalue weighted by Crippen LogP contribution is 2.23. The first-order chi connectivity index (χ1) is 12.0. The lowest BCUT2D eigenvalue weighted by Gasteiger charge is -2.29. The van der Waals surface area contributed by atoms with Gasteiger partial charge in [-0.05, 0) is 37.0 Å². The highest BCUT2D eigenvalue weighted by atomic mass is 32.2. The fourth-order valence-electron chi connectivity index (χ4n) is 2.82. The molecule has 1 amide bonds. The molecule has 2 rings (SSSR count). The minimum atomic E-state index is -0.916. The Bertz CT molecular complexity index is 612. The van der Waals surface area contributed by atoms with Crippen LogP contribution in [0.5, 0.6) is 0 Å². The molecule has 1 fully saturated rings. The number of nitrogens with one attached hydrogen (secondary N) is 1. The quantitative estimate of drug-likeness (QED) is 0.587. The lowest BCUT2D eigenvalue weighted by atomic mass is 9.86. The smallest absolute Gasteiger partial charge is 0.307 e. The van der Waals surface area contributed by atoms with Crippen LogP contribution in [0.15, 0.2) is 23.1 Å². The van der Waals surface area contributed by atoms with Gasteiger partial charge in [0.2, 0.25) is 0 Å². The van der Waals surface area contributed by atoms with Crippen molar-refractivity contribution in [2.24, 2.45) is 5.92 Å². The van der Waals surface area contributed by atoms with Gasteiger partial charge in [0.15, 0.2) is 18.2 Å². The minimum absolute atomic E-state index is 0.0940. The number of ether oxygens (including phenoxy) is 1. The molecule has 0 bridgehead atoms. The number of hydrogen-bond donors (Lipinski definition) is 1. The Morgan fingerprint density at radius 2 is 2.00 bits per heavy atom. The lowest BCUT2D eigenvalue weighted by Crippen LogP contribution is -2.42. The first-order valence-electron chi connectivity index (χ1n) is 8.48. The van der Waals surface area contributed by atoms with Gasteiger partial charge in [-0.15, -0.1) is 11.8 Å². The topological polar surface area (TPSA) is 55.4 Å². The summed E-state index contributed by atoms with van der Waals surface area (Å²) in [5, 5.41) is 2.92. The van der Waals surface area contributed by atoms with Crippen LogP contribution in [0, 0.1) is 17.6 Å². The van der Waals surface area contributed by atoms with Gasteiger partial charge in [0, 0.05) is 16.7 Å². The summed E-state index contributed by atoms with van der Waals surface area (Å²) in [5.74, 6) is -1.77. The van der Waals surface area contributed by atoms with Gasteiger partial charge in [-0.3, -0.25) is 9.59 Å². The summed E-state index contributed by atoms with van der Waals surface area (Å²) in [6.45, 7) is 1.84. The van der Waals surface area contributed by atoms with Crippen LogP contribution in [0.1, 0.15) is 39.0 Å². The van der Waals surface area contributed by atoms with Crippen LogP contribution >= 0.6 is 11.8 Å². The molecule has 0 saturated heterocycles. The monoisotopic (exact) mass is 371 g/mol. The Morgan fingerprint density at radius 1 is 1.24 bits per heavy atom. The summed E-state index contributed by atoms with van der Waals surface area (Å²) in [5.41, 5.74) is 0. The van der Waals surface area contributed by atoms with E-state index in [2.05, 4.69) is 12.2 Å². The Hall–Kier alpha value is -1.63. The van der Waals surface area contributed by atoms with Crippen LogP contribution < -0.4 is 5.32 Å². The third-order valence-corrected chi connectivity index (χ3v) is 5.28. The normalized spacial score (nSPS) is 20.1. The van der Waals surface area contributed by atoms with E-state index in [-0.39, 0.29) is 25.0 Å². The zero-order chi connectivity index (χ0) is 18.2. The zero-order valence-electron chi connectivity index (χ0n) is 14.2. The number of carbonyl (C=O) groups excluding carboxylic acids is 2. The van der Waals surface area contributed by atoms with E-state index in [9.17, 15) is 18.4 Å². The molecule has 0 unspecified atom stereocenters. The fraction of sp³-hybridized carbons (Fsp3) is 0.556. The molecule has 25 heavy (non-hydrogen) atoms. The second kappa shape index (κ2) is 9.75. The molecule has 138 valence electrons. The third kappa shape index (κ3) is 6.65. The van der Waals surface area contributed by atoms with Crippen molar-refractivity contribution < 1.29 is 23.1 Å². The van der Waals surface area contributed by atoms with Crippen molar-refractivity contribution >= 4 is 23.6 Å². The summed E-state index contributed by atoms with van der Waals surface area (Å²) < 4.78 is 30.9. The van der Waals surface area contributed by atoms with Crippen LogP contribution in [-0.4, -0.2) is 30.3 Å². The van der Waals surface area contributed by atoms with Gasteiger partial charge >= 0.3 is 5.97 Å². The van der Waals surface area contributed by atoms with Crippen LogP contribution in [0.2, 0.25) is 0 Å². The number of hydrogen-bond acceptors (Lipinski definition) is 4.